The van der Waals surface area contributed by atoms with Crippen molar-refractivity contribution < 1.29 is 13.2 Å². The SMILES string of the molecule is C=C[C@@H]1CN2CC[C@H]1C[C@@H]2CNCc1ccc(C(F)(F)F)cc1. The fourth-order valence-electron chi connectivity index (χ4n) is 3.85. The van der Waals surface area contributed by atoms with Crippen LogP contribution in [0.2, 0.25) is 0 Å². The van der Waals surface area contributed by atoms with E-state index in [0.29, 0.717) is 18.5 Å². The molecule has 1 aromatic rings. The quantitative estimate of drug-likeness (QED) is 0.831. The Labute approximate surface area is 135 Å². The molecule has 3 heterocycles. The van der Waals surface area contributed by atoms with E-state index in [1.54, 1.807) is 12.1 Å². The van der Waals surface area contributed by atoms with Gasteiger partial charge in [0, 0.05) is 25.7 Å². The van der Waals surface area contributed by atoms with Crippen molar-refractivity contribution in [1.29, 1.82) is 0 Å². The Bertz CT molecular complexity index is 538. The predicted molar refractivity (Wildman–Crippen MR) is 84.9 cm³/mol. The van der Waals surface area contributed by atoms with Crippen LogP contribution in [0.4, 0.5) is 13.2 Å². The molecule has 23 heavy (non-hydrogen) atoms. The molecule has 126 valence electrons. The summed E-state index contributed by atoms with van der Waals surface area (Å²) in [6.07, 6.45) is 0.272. The lowest BCUT2D eigenvalue weighted by molar-refractivity contribution is -0.137. The van der Waals surface area contributed by atoms with Crippen molar-refractivity contribution in [2.75, 3.05) is 19.6 Å². The van der Waals surface area contributed by atoms with E-state index in [2.05, 4.69) is 22.9 Å². The van der Waals surface area contributed by atoms with Crippen LogP contribution in [-0.2, 0) is 12.7 Å². The van der Waals surface area contributed by atoms with Gasteiger partial charge in [0.15, 0.2) is 0 Å². The first kappa shape index (κ1) is 16.5. The van der Waals surface area contributed by atoms with E-state index in [9.17, 15) is 13.2 Å². The van der Waals surface area contributed by atoms with Crippen molar-refractivity contribution in [2.24, 2.45) is 11.8 Å². The van der Waals surface area contributed by atoms with E-state index in [1.807, 2.05) is 0 Å². The van der Waals surface area contributed by atoms with Crippen LogP contribution in [0.1, 0.15) is 24.0 Å². The second kappa shape index (κ2) is 6.65. The first-order valence-corrected chi connectivity index (χ1v) is 8.21. The number of rotatable bonds is 5. The Kier molecular flexibility index (Phi) is 4.78. The molecule has 3 fully saturated rings. The highest BCUT2D eigenvalue weighted by atomic mass is 19.4. The van der Waals surface area contributed by atoms with Gasteiger partial charge in [0.1, 0.15) is 0 Å². The van der Waals surface area contributed by atoms with Crippen molar-refractivity contribution in [3.63, 3.8) is 0 Å². The van der Waals surface area contributed by atoms with Crippen molar-refractivity contribution in [1.82, 2.24) is 10.2 Å². The van der Waals surface area contributed by atoms with Crippen LogP contribution in [0.3, 0.4) is 0 Å². The van der Waals surface area contributed by atoms with Crippen molar-refractivity contribution in [2.45, 2.75) is 31.6 Å². The van der Waals surface area contributed by atoms with Crippen LogP contribution in [0, 0.1) is 11.8 Å². The molecule has 3 aliphatic heterocycles. The Morgan fingerprint density at radius 1 is 1.26 bits per heavy atom. The zero-order chi connectivity index (χ0) is 16.4. The van der Waals surface area contributed by atoms with Crippen LogP contribution in [-0.4, -0.2) is 30.6 Å². The summed E-state index contributed by atoms with van der Waals surface area (Å²) in [5.41, 5.74) is 0.297. The standard InChI is InChI=1S/C18H23F3N2/c1-2-14-12-23-8-7-15(14)9-17(23)11-22-10-13-3-5-16(6-4-13)18(19,20)21/h2-6,14-15,17,22H,1,7-12H2/t14-,15+,17-/m1/s1. The normalized spacial score (nSPS) is 30.4. The molecule has 0 saturated carbocycles. The lowest BCUT2D eigenvalue weighted by atomic mass is 9.75. The summed E-state index contributed by atoms with van der Waals surface area (Å²) < 4.78 is 37.6. The van der Waals surface area contributed by atoms with E-state index in [-0.39, 0.29) is 0 Å². The lowest BCUT2D eigenvalue weighted by Crippen LogP contribution is -2.55. The van der Waals surface area contributed by atoms with Gasteiger partial charge in [0.05, 0.1) is 5.56 Å². The molecule has 0 amide bonds. The van der Waals surface area contributed by atoms with Crippen LogP contribution >= 0.6 is 0 Å². The highest BCUT2D eigenvalue weighted by Gasteiger charge is 2.38. The molecular weight excluding hydrogens is 301 g/mol. The summed E-state index contributed by atoms with van der Waals surface area (Å²) in [4.78, 5) is 2.52. The number of halogens is 3. The average molecular weight is 324 g/mol. The van der Waals surface area contributed by atoms with Crippen LogP contribution < -0.4 is 5.32 Å². The largest absolute Gasteiger partial charge is 0.416 e. The molecule has 0 aliphatic carbocycles. The van der Waals surface area contributed by atoms with Crippen LogP contribution in [0.25, 0.3) is 0 Å². The molecule has 0 radical (unpaired) electrons. The number of hydrogen-bond acceptors (Lipinski definition) is 2. The number of fused-ring (bicyclic) bond motifs is 3. The predicted octanol–water partition coefficient (Wildman–Crippen LogP) is 3.69. The van der Waals surface area contributed by atoms with Gasteiger partial charge in [-0.1, -0.05) is 18.2 Å². The number of nitrogens with one attached hydrogen (secondary N) is 1. The number of nitrogens with zero attached hydrogens (tertiary/aromatic N) is 1. The third kappa shape index (κ3) is 3.78. The maximum Gasteiger partial charge on any atom is 0.416 e. The average Bonchev–Trinajstić information content (AvgIpc) is 2.55. The summed E-state index contributed by atoms with van der Waals surface area (Å²) in [7, 11) is 0. The second-order valence-electron chi connectivity index (χ2n) is 6.66. The van der Waals surface area contributed by atoms with Crippen LogP contribution in [0.15, 0.2) is 36.9 Å². The van der Waals surface area contributed by atoms with Gasteiger partial charge in [0.2, 0.25) is 0 Å². The van der Waals surface area contributed by atoms with Gasteiger partial charge in [-0.15, -0.1) is 6.58 Å². The monoisotopic (exact) mass is 324 g/mol. The zero-order valence-corrected chi connectivity index (χ0v) is 13.1. The van der Waals surface area contributed by atoms with Gasteiger partial charge < -0.3 is 5.32 Å². The Morgan fingerprint density at radius 2 is 2.00 bits per heavy atom. The smallest absolute Gasteiger partial charge is 0.311 e. The first-order valence-electron chi connectivity index (χ1n) is 8.21. The van der Waals surface area contributed by atoms with Crippen molar-refractivity contribution >= 4 is 0 Å². The van der Waals surface area contributed by atoms with E-state index in [1.165, 1.54) is 12.8 Å². The van der Waals surface area contributed by atoms with Crippen LogP contribution in [0.5, 0.6) is 0 Å². The molecule has 5 heteroatoms. The molecule has 1 unspecified atom stereocenters. The number of piperidine rings is 3. The summed E-state index contributed by atoms with van der Waals surface area (Å²) >= 11 is 0. The Hall–Kier alpha value is -1.33. The minimum atomic E-state index is -4.26. The number of alkyl halides is 3. The van der Waals surface area contributed by atoms with Gasteiger partial charge in [-0.05, 0) is 48.9 Å². The molecular formula is C18H23F3N2. The van der Waals surface area contributed by atoms with Gasteiger partial charge in [-0.3, -0.25) is 4.90 Å². The second-order valence-corrected chi connectivity index (χ2v) is 6.66. The van der Waals surface area contributed by atoms with Gasteiger partial charge in [0.25, 0.3) is 0 Å². The third-order valence-corrected chi connectivity index (χ3v) is 5.22. The van der Waals surface area contributed by atoms with E-state index in [4.69, 9.17) is 0 Å². The molecule has 1 aromatic carbocycles. The van der Waals surface area contributed by atoms with E-state index >= 15 is 0 Å². The maximum absolute atomic E-state index is 12.5. The molecule has 1 N–H and O–H groups in total. The minimum absolute atomic E-state index is 0.541. The molecule has 0 spiro atoms. The highest BCUT2D eigenvalue weighted by molar-refractivity contribution is 5.24. The molecule has 3 aliphatic rings. The summed E-state index contributed by atoms with van der Waals surface area (Å²) in [5, 5.41) is 3.40. The Morgan fingerprint density at radius 3 is 2.57 bits per heavy atom. The summed E-state index contributed by atoms with van der Waals surface area (Å²) in [5.74, 6) is 1.37. The summed E-state index contributed by atoms with van der Waals surface area (Å²) in [6.45, 7) is 7.68. The minimum Gasteiger partial charge on any atom is -0.311 e. The molecule has 2 bridgehead atoms. The lowest BCUT2D eigenvalue weighted by Gasteiger charge is -2.49. The maximum atomic E-state index is 12.5. The van der Waals surface area contributed by atoms with Gasteiger partial charge in [-0.2, -0.15) is 13.2 Å². The first-order chi connectivity index (χ1) is 11.0. The van der Waals surface area contributed by atoms with Gasteiger partial charge >= 0.3 is 6.18 Å². The Balaban J connectivity index is 1.48. The molecule has 2 nitrogen and oxygen atoms in total. The number of benzene rings is 1. The number of hydrogen-bond donors (Lipinski definition) is 1. The van der Waals surface area contributed by atoms with Crippen molar-refractivity contribution in [3.8, 4) is 0 Å². The third-order valence-electron chi connectivity index (χ3n) is 5.22. The molecule has 3 saturated heterocycles. The van der Waals surface area contributed by atoms with Crippen molar-refractivity contribution in [3.05, 3.63) is 48.0 Å². The molecule has 0 aromatic heterocycles. The van der Waals surface area contributed by atoms with E-state index in [0.717, 1.165) is 43.2 Å². The zero-order valence-electron chi connectivity index (χ0n) is 13.1. The molecule has 4 rings (SSSR count). The van der Waals surface area contributed by atoms with E-state index < -0.39 is 11.7 Å². The molecule has 4 atom stereocenters. The highest BCUT2D eigenvalue weighted by Crippen LogP contribution is 2.36. The topological polar surface area (TPSA) is 15.3 Å². The van der Waals surface area contributed by atoms with Gasteiger partial charge in [-0.25, -0.2) is 0 Å². The fraction of sp³-hybridized carbons (Fsp3) is 0.556. The summed E-state index contributed by atoms with van der Waals surface area (Å²) in [6, 6.07) is 5.95. The fourth-order valence-corrected chi connectivity index (χ4v) is 3.85.